The number of rotatable bonds is 7. The molecule has 0 saturated carbocycles. The van der Waals surface area contributed by atoms with E-state index in [2.05, 4.69) is 5.32 Å². The molecule has 1 atom stereocenters. The number of carboxylic acid groups (broad SMARTS) is 2. The Balaban J connectivity index is 2.89. The van der Waals surface area contributed by atoms with Crippen LogP contribution >= 0.6 is 11.8 Å². The third-order valence-corrected chi connectivity index (χ3v) is 3.26. The summed E-state index contributed by atoms with van der Waals surface area (Å²) >= 11 is 1.47. The Labute approximate surface area is 120 Å². The maximum absolute atomic E-state index is 12.0. The predicted molar refractivity (Wildman–Crippen MR) is 75.3 cm³/mol. The van der Waals surface area contributed by atoms with Crippen molar-refractivity contribution in [2.75, 3.05) is 12.0 Å². The van der Waals surface area contributed by atoms with E-state index < -0.39 is 23.9 Å². The predicted octanol–water partition coefficient (Wildman–Crippen LogP) is 1.32. The van der Waals surface area contributed by atoms with E-state index in [-0.39, 0.29) is 17.5 Å². The van der Waals surface area contributed by atoms with Gasteiger partial charge in [-0.25, -0.2) is 9.59 Å². The first-order chi connectivity index (χ1) is 9.47. The molecule has 0 heterocycles. The molecule has 1 aromatic rings. The molecule has 0 unspecified atom stereocenters. The van der Waals surface area contributed by atoms with Gasteiger partial charge >= 0.3 is 11.9 Å². The number of carbonyl (C=O) groups excluding carboxylic acids is 1. The standard InChI is InChI=1S/C13H15NO5S/c1-20-7-6-10(13(18)19)14-11(15)8-4-2-3-5-9(8)12(16)17/h2-5,10H,6-7H2,1H3,(H,14,15)(H,16,17)(H,18,19)/t10-/m0/s1. The van der Waals surface area contributed by atoms with Gasteiger partial charge in [-0.15, -0.1) is 0 Å². The van der Waals surface area contributed by atoms with Gasteiger partial charge in [-0.3, -0.25) is 4.79 Å². The molecule has 0 saturated heterocycles. The maximum Gasteiger partial charge on any atom is 0.336 e. The number of hydrogen-bond donors (Lipinski definition) is 3. The summed E-state index contributed by atoms with van der Waals surface area (Å²) in [6.07, 6.45) is 2.11. The van der Waals surface area contributed by atoms with Crippen LogP contribution in [-0.2, 0) is 4.79 Å². The SMILES string of the molecule is CSCC[C@H](NC(=O)c1ccccc1C(=O)O)C(=O)O. The molecule has 3 N–H and O–H groups in total. The Morgan fingerprint density at radius 2 is 1.80 bits per heavy atom. The minimum Gasteiger partial charge on any atom is -0.480 e. The Kier molecular flexibility index (Phi) is 6.05. The number of aliphatic carboxylic acids is 1. The largest absolute Gasteiger partial charge is 0.480 e. The topological polar surface area (TPSA) is 104 Å². The van der Waals surface area contributed by atoms with Crippen molar-refractivity contribution in [3.8, 4) is 0 Å². The lowest BCUT2D eigenvalue weighted by Gasteiger charge is -2.14. The summed E-state index contributed by atoms with van der Waals surface area (Å²) < 4.78 is 0. The lowest BCUT2D eigenvalue weighted by Crippen LogP contribution is -2.41. The van der Waals surface area contributed by atoms with Crippen molar-refractivity contribution < 1.29 is 24.6 Å². The van der Waals surface area contributed by atoms with Crippen molar-refractivity contribution in [3.63, 3.8) is 0 Å². The third-order valence-electron chi connectivity index (χ3n) is 2.62. The van der Waals surface area contributed by atoms with E-state index in [4.69, 9.17) is 10.2 Å². The van der Waals surface area contributed by atoms with Crippen LogP contribution in [0.3, 0.4) is 0 Å². The summed E-state index contributed by atoms with van der Waals surface area (Å²) in [6.45, 7) is 0. The zero-order chi connectivity index (χ0) is 15.1. The average molecular weight is 297 g/mol. The molecule has 7 heteroatoms. The van der Waals surface area contributed by atoms with E-state index in [9.17, 15) is 14.4 Å². The normalized spacial score (nSPS) is 11.7. The smallest absolute Gasteiger partial charge is 0.336 e. The van der Waals surface area contributed by atoms with E-state index in [0.29, 0.717) is 5.75 Å². The highest BCUT2D eigenvalue weighted by Gasteiger charge is 2.22. The van der Waals surface area contributed by atoms with Crippen molar-refractivity contribution in [1.29, 1.82) is 0 Å². The van der Waals surface area contributed by atoms with Crippen LogP contribution in [0.4, 0.5) is 0 Å². The number of nitrogens with one attached hydrogen (secondary N) is 1. The molecule has 1 rings (SSSR count). The number of aromatic carboxylic acids is 1. The fraction of sp³-hybridized carbons (Fsp3) is 0.308. The quantitative estimate of drug-likeness (QED) is 0.701. The molecular weight excluding hydrogens is 282 g/mol. The van der Waals surface area contributed by atoms with Gasteiger partial charge in [0.1, 0.15) is 6.04 Å². The molecule has 0 spiro atoms. The molecule has 1 amide bonds. The highest BCUT2D eigenvalue weighted by Crippen LogP contribution is 2.10. The Hall–Kier alpha value is -2.02. The van der Waals surface area contributed by atoms with Gasteiger partial charge in [-0.2, -0.15) is 11.8 Å². The van der Waals surface area contributed by atoms with Crippen LogP contribution in [0, 0.1) is 0 Å². The third kappa shape index (κ3) is 4.27. The van der Waals surface area contributed by atoms with Crippen molar-refractivity contribution in [3.05, 3.63) is 35.4 Å². The molecule has 0 fully saturated rings. The summed E-state index contributed by atoms with van der Waals surface area (Å²) in [5.41, 5.74) is -0.200. The molecule has 0 radical (unpaired) electrons. The number of amides is 1. The molecule has 0 bridgehead atoms. The first kappa shape index (κ1) is 16.0. The average Bonchev–Trinajstić information content (AvgIpc) is 2.42. The summed E-state index contributed by atoms with van der Waals surface area (Å²) in [5, 5.41) is 20.4. The second kappa shape index (κ2) is 7.54. The highest BCUT2D eigenvalue weighted by molar-refractivity contribution is 7.98. The molecule has 6 nitrogen and oxygen atoms in total. The summed E-state index contributed by atoms with van der Waals surface area (Å²) in [4.78, 5) is 34.1. The maximum atomic E-state index is 12.0. The van der Waals surface area contributed by atoms with Gasteiger partial charge in [0, 0.05) is 0 Å². The van der Waals surface area contributed by atoms with Crippen LogP contribution in [0.25, 0.3) is 0 Å². The Morgan fingerprint density at radius 3 is 2.30 bits per heavy atom. The van der Waals surface area contributed by atoms with Gasteiger partial charge in [0.15, 0.2) is 0 Å². The lowest BCUT2D eigenvalue weighted by molar-refractivity contribution is -0.139. The molecule has 1 aromatic carbocycles. The van der Waals surface area contributed by atoms with Gasteiger partial charge in [0.25, 0.3) is 5.91 Å². The second-order valence-electron chi connectivity index (χ2n) is 4.00. The zero-order valence-electron chi connectivity index (χ0n) is 10.8. The van der Waals surface area contributed by atoms with E-state index in [1.807, 2.05) is 6.26 Å². The zero-order valence-corrected chi connectivity index (χ0v) is 11.6. The number of benzene rings is 1. The molecule has 0 aliphatic carbocycles. The number of carbonyl (C=O) groups is 3. The molecular formula is C13H15NO5S. The summed E-state index contributed by atoms with van der Waals surface area (Å²) in [5.74, 6) is -2.49. The van der Waals surface area contributed by atoms with E-state index in [1.54, 1.807) is 0 Å². The van der Waals surface area contributed by atoms with Crippen LogP contribution in [-0.4, -0.2) is 46.1 Å². The van der Waals surface area contributed by atoms with Crippen LogP contribution in [0.1, 0.15) is 27.1 Å². The molecule has 20 heavy (non-hydrogen) atoms. The molecule has 0 aromatic heterocycles. The Morgan fingerprint density at radius 1 is 1.20 bits per heavy atom. The number of hydrogen-bond acceptors (Lipinski definition) is 4. The molecule has 0 aliphatic heterocycles. The van der Waals surface area contributed by atoms with Gasteiger partial charge in [-0.1, -0.05) is 12.1 Å². The monoisotopic (exact) mass is 297 g/mol. The van der Waals surface area contributed by atoms with E-state index in [0.717, 1.165) is 0 Å². The fourth-order valence-electron chi connectivity index (χ4n) is 1.60. The summed E-state index contributed by atoms with van der Waals surface area (Å²) in [6, 6.07) is 4.65. The van der Waals surface area contributed by atoms with E-state index >= 15 is 0 Å². The second-order valence-corrected chi connectivity index (χ2v) is 4.98. The Bertz CT molecular complexity index is 517. The first-order valence-corrected chi connectivity index (χ1v) is 7.21. The summed E-state index contributed by atoms with van der Waals surface area (Å²) in [7, 11) is 0. The number of carboxylic acids is 2. The molecule has 108 valence electrons. The van der Waals surface area contributed by atoms with Crippen molar-refractivity contribution in [2.45, 2.75) is 12.5 Å². The van der Waals surface area contributed by atoms with Crippen molar-refractivity contribution >= 4 is 29.6 Å². The van der Waals surface area contributed by atoms with Crippen LogP contribution < -0.4 is 5.32 Å². The van der Waals surface area contributed by atoms with Crippen molar-refractivity contribution in [2.24, 2.45) is 0 Å². The minimum atomic E-state index is -1.23. The van der Waals surface area contributed by atoms with E-state index in [1.165, 1.54) is 36.0 Å². The van der Waals surface area contributed by atoms with Crippen LogP contribution in [0.15, 0.2) is 24.3 Å². The lowest BCUT2D eigenvalue weighted by atomic mass is 10.1. The van der Waals surface area contributed by atoms with Gasteiger partial charge in [-0.05, 0) is 30.6 Å². The minimum absolute atomic E-state index is 0.0459. The number of thioether (sulfide) groups is 1. The molecule has 0 aliphatic rings. The highest BCUT2D eigenvalue weighted by atomic mass is 32.2. The van der Waals surface area contributed by atoms with Gasteiger partial charge in [0.05, 0.1) is 11.1 Å². The van der Waals surface area contributed by atoms with Crippen LogP contribution in [0.2, 0.25) is 0 Å². The van der Waals surface area contributed by atoms with Crippen molar-refractivity contribution in [1.82, 2.24) is 5.32 Å². The van der Waals surface area contributed by atoms with Crippen LogP contribution in [0.5, 0.6) is 0 Å². The fourth-order valence-corrected chi connectivity index (χ4v) is 2.07. The van der Waals surface area contributed by atoms with Gasteiger partial charge in [0.2, 0.25) is 0 Å². The van der Waals surface area contributed by atoms with Gasteiger partial charge < -0.3 is 15.5 Å². The first-order valence-electron chi connectivity index (χ1n) is 5.82.